The van der Waals surface area contributed by atoms with Gasteiger partial charge < -0.3 is 15.3 Å². The van der Waals surface area contributed by atoms with Gasteiger partial charge in [-0.05, 0) is 48.5 Å². The molecule has 3 N–H and O–H groups in total. The van der Waals surface area contributed by atoms with E-state index in [9.17, 15) is 28.5 Å². The second-order valence-corrected chi connectivity index (χ2v) is 11.2. The highest BCUT2D eigenvalue weighted by molar-refractivity contribution is 8.17. The van der Waals surface area contributed by atoms with E-state index in [2.05, 4.69) is 0 Å². The molecule has 4 atom stereocenters. The highest BCUT2D eigenvalue weighted by Crippen LogP contribution is 2.38. The molecular formula is C19H20O6S3. The average Bonchev–Trinajstić information content (AvgIpc) is 2.68. The summed E-state index contributed by atoms with van der Waals surface area (Å²) in [6.45, 7) is 0. The highest BCUT2D eigenvalue weighted by Gasteiger charge is 2.37. The number of carbonyl (C=O) groups is 1. The fourth-order valence-corrected chi connectivity index (χ4v) is 6.00. The normalized spacial score (nSPS) is 25.4. The minimum Gasteiger partial charge on any atom is -0.389 e. The van der Waals surface area contributed by atoms with Gasteiger partial charge in [-0.1, -0.05) is 0 Å². The average molecular weight is 441 g/mol. The predicted molar refractivity (Wildman–Crippen MR) is 110 cm³/mol. The van der Waals surface area contributed by atoms with Crippen LogP contribution in [0.2, 0.25) is 0 Å². The summed E-state index contributed by atoms with van der Waals surface area (Å²) >= 11 is 2.74. The molecule has 28 heavy (non-hydrogen) atoms. The second kappa shape index (κ2) is 8.56. The molecule has 0 bridgehead atoms. The van der Waals surface area contributed by atoms with Crippen LogP contribution in [0.1, 0.15) is 15.9 Å². The Morgan fingerprint density at radius 1 is 0.964 bits per heavy atom. The predicted octanol–water partition coefficient (Wildman–Crippen LogP) is 1.57. The third-order valence-electron chi connectivity index (χ3n) is 4.37. The number of benzene rings is 2. The molecule has 3 rings (SSSR count). The molecule has 0 unspecified atom stereocenters. The lowest BCUT2D eigenvalue weighted by Gasteiger charge is -2.34. The molecule has 0 radical (unpaired) electrons. The van der Waals surface area contributed by atoms with Gasteiger partial charge in [0.05, 0.1) is 15.6 Å². The smallest absolute Gasteiger partial charge is 0.193 e. The Hall–Kier alpha value is -1.36. The third-order valence-corrected chi connectivity index (χ3v) is 8.39. The van der Waals surface area contributed by atoms with Crippen LogP contribution in [-0.4, -0.2) is 64.4 Å². The van der Waals surface area contributed by atoms with Crippen LogP contribution >= 0.6 is 23.5 Å². The lowest BCUT2D eigenvalue weighted by molar-refractivity contribution is -0.0474. The second-order valence-electron chi connectivity index (χ2n) is 6.52. The summed E-state index contributed by atoms with van der Waals surface area (Å²) in [6, 6.07) is 12.6. The molecule has 0 amide bonds. The van der Waals surface area contributed by atoms with Gasteiger partial charge >= 0.3 is 0 Å². The summed E-state index contributed by atoms with van der Waals surface area (Å²) in [4.78, 5) is 13.6. The largest absolute Gasteiger partial charge is 0.389 e. The molecule has 1 aliphatic rings. The minimum atomic E-state index is -3.31. The number of rotatable bonds is 5. The van der Waals surface area contributed by atoms with Crippen molar-refractivity contribution in [3.8, 4) is 0 Å². The van der Waals surface area contributed by atoms with E-state index in [1.807, 2.05) is 0 Å². The zero-order chi connectivity index (χ0) is 20.5. The van der Waals surface area contributed by atoms with Gasteiger partial charge in [0, 0.05) is 28.0 Å². The van der Waals surface area contributed by atoms with Crippen LogP contribution in [0.3, 0.4) is 0 Å². The zero-order valence-electron chi connectivity index (χ0n) is 14.9. The summed E-state index contributed by atoms with van der Waals surface area (Å²) in [5.41, 5.74) is 0.854. The Morgan fingerprint density at radius 2 is 1.50 bits per heavy atom. The van der Waals surface area contributed by atoms with Gasteiger partial charge in [0.1, 0.15) is 12.2 Å². The van der Waals surface area contributed by atoms with Crippen molar-refractivity contribution >= 4 is 39.1 Å². The number of thioether (sulfide) groups is 2. The monoisotopic (exact) mass is 440 g/mol. The lowest BCUT2D eigenvalue weighted by Crippen LogP contribution is -2.47. The Balaban J connectivity index is 1.69. The standard InChI is InChI=1S/C19H20O6S3/c1-28(24,25)14-8-4-12(5-9-14)16(21)11-2-6-13(7-3-11)27-19-18(23)17(22)15(20)10-26-19/h2-9,15,17-20,22-23H,10H2,1H3/t15-,17+,18-,19-/m1/s1. The van der Waals surface area contributed by atoms with Crippen LogP contribution in [0.15, 0.2) is 58.3 Å². The highest BCUT2D eigenvalue weighted by atomic mass is 32.2. The molecule has 1 heterocycles. The van der Waals surface area contributed by atoms with Crippen molar-refractivity contribution in [1.82, 2.24) is 0 Å². The molecule has 2 aromatic carbocycles. The molecule has 0 aliphatic carbocycles. The Morgan fingerprint density at radius 3 is 2.04 bits per heavy atom. The van der Waals surface area contributed by atoms with Crippen molar-refractivity contribution in [2.24, 2.45) is 0 Å². The third kappa shape index (κ3) is 4.79. The number of sulfone groups is 1. The van der Waals surface area contributed by atoms with Crippen molar-refractivity contribution in [3.05, 3.63) is 59.7 Å². The molecule has 1 aliphatic heterocycles. The van der Waals surface area contributed by atoms with Gasteiger partial charge in [-0.2, -0.15) is 0 Å². The first kappa shape index (κ1) is 21.4. The molecule has 9 heteroatoms. The van der Waals surface area contributed by atoms with Crippen LogP contribution < -0.4 is 0 Å². The first-order chi connectivity index (χ1) is 13.2. The summed E-state index contributed by atoms with van der Waals surface area (Å²) in [7, 11) is -3.31. The fraction of sp³-hybridized carbons (Fsp3) is 0.316. The molecule has 1 saturated heterocycles. The summed E-state index contributed by atoms with van der Waals surface area (Å²) < 4.78 is 22.7. The molecule has 0 saturated carbocycles. The Labute approximate surface area is 171 Å². The maximum atomic E-state index is 12.6. The number of aliphatic hydroxyl groups excluding tert-OH is 3. The van der Waals surface area contributed by atoms with Crippen LogP contribution in [0.25, 0.3) is 0 Å². The Kier molecular flexibility index (Phi) is 6.53. The SMILES string of the molecule is CS(=O)(=O)c1ccc(C(=O)c2ccc(S[C@H]3SC[C@@H](O)[C@H](O)[C@H]3O)cc2)cc1. The molecule has 150 valence electrons. The topological polar surface area (TPSA) is 112 Å². The van der Waals surface area contributed by atoms with Gasteiger partial charge in [0.25, 0.3) is 0 Å². The van der Waals surface area contributed by atoms with Crippen molar-refractivity contribution in [3.63, 3.8) is 0 Å². The van der Waals surface area contributed by atoms with Crippen LogP contribution in [0, 0.1) is 0 Å². The number of carbonyl (C=O) groups excluding carboxylic acids is 1. The van der Waals surface area contributed by atoms with Gasteiger partial charge in [0.15, 0.2) is 15.6 Å². The van der Waals surface area contributed by atoms with E-state index in [1.165, 1.54) is 47.8 Å². The van der Waals surface area contributed by atoms with Crippen LogP contribution in [0.4, 0.5) is 0 Å². The number of hydrogen-bond donors (Lipinski definition) is 3. The van der Waals surface area contributed by atoms with E-state index >= 15 is 0 Å². The summed E-state index contributed by atoms with van der Waals surface area (Å²) in [6.07, 6.45) is -2.05. The first-order valence-electron chi connectivity index (χ1n) is 8.44. The maximum Gasteiger partial charge on any atom is 0.193 e. The molecule has 0 spiro atoms. The molecule has 2 aromatic rings. The van der Waals surface area contributed by atoms with Gasteiger partial charge in [-0.25, -0.2) is 8.42 Å². The molecular weight excluding hydrogens is 420 g/mol. The first-order valence-corrected chi connectivity index (χ1v) is 12.3. The van der Waals surface area contributed by atoms with E-state index < -0.39 is 28.1 Å². The van der Waals surface area contributed by atoms with Crippen LogP contribution in [0.5, 0.6) is 0 Å². The van der Waals surface area contributed by atoms with Gasteiger partial charge in [0.2, 0.25) is 0 Å². The summed E-state index contributed by atoms with van der Waals surface area (Å²) in [5, 5.41) is 29.5. The molecule has 6 nitrogen and oxygen atoms in total. The zero-order valence-corrected chi connectivity index (χ0v) is 17.4. The van der Waals surface area contributed by atoms with E-state index in [4.69, 9.17) is 0 Å². The van der Waals surface area contributed by atoms with Crippen molar-refractivity contribution in [1.29, 1.82) is 0 Å². The van der Waals surface area contributed by atoms with E-state index in [0.29, 0.717) is 16.9 Å². The maximum absolute atomic E-state index is 12.6. The van der Waals surface area contributed by atoms with Crippen LogP contribution in [-0.2, 0) is 9.84 Å². The lowest BCUT2D eigenvalue weighted by atomic mass is 10.0. The van der Waals surface area contributed by atoms with Gasteiger partial charge in [-0.15, -0.1) is 23.5 Å². The van der Waals surface area contributed by atoms with Gasteiger partial charge in [-0.3, -0.25) is 4.79 Å². The van der Waals surface area contributed by atoms with E-state index in [0.717, 1.165) is 11.2 Å². The fourth-order valence-electron chi connectivity index (χ4n) is 2.72. The quantitative estimate of drug-likeness (QED) is 0.601. The summed E-state index contributed by atoms with van der Waals surface area (Å²) in [5.74, 6) is 0.123. The number of ketones is 1. The molecule has 1 fully saturated rings. The number of aliphatic hydroxyl groups is 3. The minimum absolute atomic E-state index is 0.159. The van der Waals surface area contributed by atoms with Crippen molar-refractivity contribution < 1.29 is 28.5 Å². The number of hydrogen-bond acceptors (Lipinski definition) is 8. The Bertz CT molecular complexity index is 941. The molecule has 0 aromatic heterocycles. The van der Waals surface area contributed by atoms with E-state index in [-0.39, 0.29) is 15.3 Å². The van der Waals surface area contributed by atoms with E-state index in [1.54, 1.807) is 24.3 Å². The van der Waals surface area contributed by atoms with Crippen molar-refractivity contribution in [2.45, 2.75) is 32.7 Å². The van der Waals surface area contributed by atoms with Crippen molar-refractivity contribution in [2.75, 3.05) is 12.0 Å².